The average molecular weight is 210 g/mol. The van der Waals surface area contributed by atoms with Crippen LogP contribution in [0.5, 0.6) is 17.2 Å². The number of methoxy groups -OCH3 is 1. The van der Waals surface area contributed by atoms with Crippen molar-refractivity contribution in [2.45, 2.75) is 12.8 Å². The second kappa shape index (κ2) is 3.98. The van der Waals surface area contributed by atoms with Gasteiger partial charge in [0, 0.05) is 18.1 Å². The maximum atomic E-state index is 9.13. The molecule has 1 aromatic rings. The Balaban J connectivity index is 2.48. The van der Waals surface area contributed by atoms with E-state index < -0.39 is 0 Å². The molecule has 0 aliphatic carbocycles. The highest BCUT2D eigenvalue weighted by Gasteiger charge is 2.23. The molecule has 0 saturated heterocycles. The number of benzene rings is 1. The Morgan fingerprint density at radius 3 is 2.93 bits per heavy atom. The van der Waals surface area contributed by atoms with E-state index in [4.69, 9.17) is 19.3 Å². The molecule has 0 aromatic heterocycles. The third-order valence-corrected chi connectivity index (χ3v) is 2.53. The summed E-state index contributed by atoms with van der Waals surface area (Å²) < 4.78 is 15.9. The van der Waals surface area contributed by atoms with Crippen molar-refractivity contribution in [3.63, 3.8) is 0 Å². The van der Waals surface area contributed by atoms with Gasteiger partial charge in [0.2, 0.25) is 12.5 Å². The molecular formula is C11H14O4. The topological polar surface area (TPSA) is 47.9 Å². The normalized spacial score (nSPS) is 15.1. The minimum absolute atomic E-state index is 0.0226. The summed E-state index contributed by atoms with van der Waals surface area (Å²) in [5, 5.41) is 9.13. The van der Waals surface area contributed by atoms with Gasteiger partial charge >= 0.3 is 0 Å². The van der Waals surface area contributed by atoms with Crippen LogP contribution in [0.4, 0.5) is 0 Å². The molecular weight excluding hydrogens is 196 g/mol. The van der Waals surface area contributed by atoms with Crippen LogP contribution in [0.15, 0.2) is 12.1 Å². The van der Waals surface area contributed by atoms with Crippen molar-refractivity contribution in [2.75, 3.05) is 20.5 Å². The lowest BCUT2D eigenvalue weighted by molar-refractivity contribution is 0.171. The molecule has 0 bridgehead atoms. The smallest absolute Gasteiger partial charge is 0.231 e. The quantitative estimate of drug-likeness (QED) is 0.821. The van der Waals surface area contributed by atoms with Crippen LogP contribution in [0.2, 0.25) is 0 Å². The molecule has 2 rings (SSSR count). The summed E-state index contributed by atoms with van der Waals surface area (Å²) >= 11 is 0. The van der Waals surface area contributed by atoms with E-state index in [0.717, 1.165) is 5.56 Å². The standard InChI is InChI=1S/C11H14O4/c1-7(5-12)8-3-4-9-11(10(8)13-2)15-6-14-9/h3-4,7,12H,5-6H2,1-2H3. The molecule has 0 radical (unpaired) electrons. The maximum absolute atomic E-state index is 9.13. The van der Waals surface area contributed by atoms with Crippen LogP contribution in [-0.4, -0.2) is 25.6 Å². The van der Waals surface area contributed by atoms with Gasteiger partial charge < -0.3 is 19.3 Å². The molecule has 82 valence electrons. The molecule has 1 atom stereocenters. The summed E-state index contributed by atoms with van der Waals surface area (Å²) in [5.41, 5.74) is 0.934. The number of hydrogen-bond acceptors (Lipinski definition) is 4. The molecule has 4 nitrogen and oxygen atoms in total. The van der Waals surface area contributed by atoms with E-state index in [1.54, 1.807) is 7.11 Å². The Kier molecular flexibility index (Phi) is 2.68. The van der Waals surface area contributed by atoms with E-state index in [1.165, 1.54) is 0 Å². The van der Waals surface area contributed by atoms with Crippen LogP contribution in [0.3, 0.4) is 0 Å². The molecule has 15 heavy (non-hydrogen) atoms. The molecule has 0 saturated carbocycles. The third kappa shape index (κ3) is 1.61. The fourth-order valence-corrected chi connectivity index (χ4v) is 1.66. The van der Waals surface area contributed by atoms with E-state index >= 15 is 0 Å². The van der Waals surface area contributed by atoms with Crippen molar-refractivity contribution >= 4 is 0 Å². The number of hydrogen-bond donors (Lipinski definition) is 1. The molecule has 1 aliphatic heterocycles. The van der Waals surface area contributed by atoms with Gasteiger partial charge in [0.25, 0.3) is 0 Å². The van der Waals surface area contributed by atoms with Gasteiger partial charge in [-0.15, -0.1) is 0 Å². The number of aliphatic hydroxyl groups is 1. The molecule has 0 amide bonds. The van der Waals surface area contributed by atoms with Crippen LogP contribution >= 0.6 is 0 Å². The minimum atomic E-state index is 0.0226. The van der Waals surface area contributed by atoms with Crippen molar-refractivity contribution in [3.05, 3.63) is 17.7 Å². The van der Waals surface area contributed by atoms with Crippen molar-refractivity contribution in [1.29, 1.82) is 0 Å². The summed E-state index contributed by atoms with van der Waals surface area (Å²) in [5.74, 6) is 2.01. The average Bonchev–Trinajstić information content (AvgIpc) is 2.74. The largest absolute Gasteiger partial charge is 0.492 e. The number of aliphatic hydroxyl groups excluding tert-OH is 1. The molecule has 1 unspecified atom stereocenters. The lowest BCUT2D eigenvalue weighted by atomic mass is 10.0. The maximum Gasteiger partial charge on any atom is 0.231 e. The number of ether oxygens (including phenoxy) is 3. The van der Waals surface area contributed by atoms with Gasteiger partial charge in [0.05, 0.1) is 7.11 Å². The Bertz CT molecular complexity index is 362. The van der Waals surface area contributed by atoms with E-state index in [-0.39, 0.29) is 19.3 Å². The second-order valence-electron chi connectivity index (χ2n) is 3.51. The first-order valence-corrected chi connectivity index (χ1v) is 4.85. The van der Waals surface area contributed by atoms with Gasteiger partial charge in [-0.05, 0) is 6.07 Å². The van der Waals surface area contributed by atoms with Gasteiger partial charge in [0.15, 0.2) is 11.5 Å². The number of fused-ring (bicyclic) bond motifs is 1. The SMILES string of the molecule is COc1c(C(C)CO)ccc2c1OCO2. The van der Waals surface area contributed by atoms with Crippen LogP contribution in [0.1, 0.15) is 18.4 Å². The first-order chi connectivity index (χ1) is 7.27. The van der Waals surface area contributed by atoms with E-state index in [0.29, 0.717) is 17.2 Å². The van der Waals surface area contributed by atoms with Crippen molar-refractivity contribution in [1.82, 2.24) is 0 Å². The zero-order valence-corrected chi connectivity index (χ0v) is 8.82. The lowest BCUT2D eigenvalue weighted by Crippen LogP contribution is -2.02. The fourth-order valence-electron chi connectivity index (χ4n) is 1.66. The highest BCUT2D eigenvalue weighted by Crippen LogP contribution is 2.45. The Hall–Kier alpha value is -1.42. The highest BCUT2D eigenvalue weighted by atomic mass is 16.7. The predicted molar refractivity (Wildman–Crippen MR) is 54.6 cm³/mol. The summed E-state index contributed by atoms with van der Waals surface area (Å²) in [6.45, 7) is 2.23. The minimum Gasteiger partial charge on any atom is -0.492 e. The van der Waals surface area contributed by atoms with Crippen LogP contribution < -0.4 is 14.2 Å². The zero-order valence-electron chi connectivity index (χ0n) is 8.82. The molecule has 0 spiro atoms. The van der Waals surface area contributed by atoms with Gasteiger partial charge in [-0.25, -0.2) is 0 Å². The van der Waals surface area contributed by atoms with Crippen LogP contribution in [0, 0.1) is 0 Å². The zero-order chi connectivity index (χ0) is 10.8. The van der Waals surface area contributed by atoms with Crippen molar-refractivity contribution in [2.24, 2.45) is 0 Å². The first-order valence-electron chi connectivity index (χ1n) is 4.85. The van der Waals surface area contributed by atoms with Gasteiger partial charge in [-0.1, -0.05) is 13.0 Å². The monoisotopic (exact) mass is 210 g/mol. The van der Waals surface area contributed by atoms with Gasteiger partial charge in [-0.2, -0.15) is 0 Å². The van der Waals surface area contributed by atoms with E-state index in [2.05, 4.69) is 0 Å². The summed E-state index contributed by atoms with van der Waals surface area (Å²) in [6.07, 6.45) is 0. The van der Waals surface area contributed by atoms with Crippen LogP contribution in [0.25, 0.3) is 0 Å². The molecule has 4 heteroatoms. The Morgan fingerprint density at radius 1 is 1.47 bits per heavy atom. The highest BCUT2D eigenvalue weighted by molar-refractivity contribution is 5.57. The summed E-state index contributed by atoms with van der Waals surface area (Å²) in [7, 11) is 1.59. The summed E-state index contributed by atoms with van der Waals surface area (Å²) in [6, 6.07) is 3.74. The second-order valence-corrected chi connectivity index (χ2v) is 3.51. The summed E-state index contributed by atoms with van der Waals surface area (Å²) in [4.78, 5) is 0. The lowest BCUT2D eigenvalue weighted by Gasteiger charge is -2.14. The third-order valence-electron chi connectivity index (χ3n) is 2.53. The Labute approximate surface area is 88.4 Å². The molecule has 1 heterocycles. The van der Waals surface area contributed by atoms with Gasteiger partial charge in [-0.3, -0.25) is 0 Å². The number of rotatable bonds is 3. The predicted octanol–water partition coefficient (Wildman–Crippen LogP) is 1.52. The molecule has 1 N–H and O–H groups in total. The molecule has 1 aromatic carbocycles. The molecule has 1 aliphatic rings. The first kappa shape index (κ1) is 10.1. The van der Waals surface area contributed by atoms with Gasteiger partial charge in [0.1, 0.15) is 0 Å². The molecule has 0 fully saturated rings. The van der Waals surface area contributed by atoms with Crippen LogP contribution in [-0.2, 0) is 0 Å². The Morgan fingerprint density at radius 2 is 2.27 bits per heavy atom. The van der Waals surface area contributed by atoms with E-state index in [9.17, 15) is 0 Å². The van der Waals surface area contributed by atoms with Crippen molar-refractivity contribution < 1.29 is 19.3 Å². The van der Waals surface area contributed by atoms with Crippen molar-refractivity contribution in [3.8, 4) is 17.2 Å². The fraction of sp³-hybridized carbons (Fsp3) is 0.455. The van der Waals surface area contributed by atoms with E-state index in [1.807, 2.05) is 19.1 Å².